The molecule has 0 aromatic carbocycles. The van der Waals surface area contributed by atoms with Crippen molar-refractivity contribution in [2.45, 2.75) is 57.4 Å². The maximum absolute atomic E-state index is 12.2. The van der Waals surface area contributed by atoms with Gasteiger partial charge in [-0.25, -0.2) is 13.1 Å². The molecular weight excluding hydrogens is 266 g/mol. The molecule has 5 nitrogen and oxygen atoms in total. The van der Waals surface area contributed by atoms with Crippen molar-refractivity contribution in [3.8, 4) is 0 Å². The summed E-state index contributed by atoms with van der Waals surface area (Å²) in [7, 11) is -3.18. The first kappa shape index (κ1) is 13.4. The molecule has 1 aliphatic heterocycles. The fourth-order valence-electron chi connectivity index (χ4n) is 3.64. The van der Waals surface area contributed by atoms with Crippen molar-refractivity contribution in [2.75, 3.05) is 0 Å². The summed E-state index contributed by atoms with van der Waals surface area (Å²) in [6.07, 6.45) is 1.95. The predicted octanol–water partition coefficient (Wildman–Crippen LogP) is 1.04. The first-order chi connectivity index (χ1) is 8.76. The van der Waals surface area contributed by atoms with Gasteiger partial charge in [0.2, 0.25) is 10.0 Å². The molecule has 5 unspecified atom stereocenters. The Balaban J connectivity index is 1.77. The lowest BCUT2D eigenvalue weighted by molar-refractivity contribution is -0.163. The summed E-state index contributed by atoms with van der Waals surface area (Å²) in [5.74, 6) is 0.133. The molecule has 3 fully saturated rings. The number of ether oxygens (including phenoxy) is 1. The van der Waals surface area contributed by atoms with Gasteiger partial charge >= 0.3 is 5.97 Å². The molecule has 2 saturated carbocycles. The predicted molar refractivity (Wildman–Crippen MR) is 69.8 cm³/mol. The van der Waals surface area contributed by atoms with Crippen LogP contribution in [0.15, 0.2) is 0 Å². The van der Waals surface area contributed by atoms with Gasteiger partial charge < -0.3 is 4.74 Å². The minimum absolute atomic E-state index is 0.137. The molecule has 0 aromatic heterocycles. The van der Waals surface area contributed by atoms with Crippen LogP contribution in [-0.4, -0.2) is 31.8 Å². The van der Waals surface area contributed by atoms with E-state index in [9.17, 15) is 13.2 Å². The van der Waals surface area contributed by atoms with E-state index in [4.69, 9.17) is 4.74 Å². The molecule has 2 aliphatic carbocycles. The second-order valence-electron chi connectivity index (χ2n) is 6.73. The van der Waals surface area contributed by atoms with E-state index >= 15 is 0 Å². The highest BCUT2D eigenvalue weighted by atomic mass is 32.2. The molecule has 1 saturated heterocycles. The van der Waals surface area contributed by atoms with Crippen molar-refractivity contribution in [3.63, 3.8) is 0 Å². The smallest absolute Gasteiger partial charge is 0.311 e. The van der Waals surface area contributed by atoms with Crippen LogP contribution in [0.2, 0.25) is 0 Å². The average molecular weight is 287 g/mol. The van der Waals surface area contributed by atoms with Crippen LogP contribution < -0.4 is 4.72 Å². The summed E-state index contributed by atoms with van der Waals surface area (Å²) in [5.41, 5.74) is -0.501. The van der Waals surface area contributed by atoms with E-state index in [1.807, 2.05) is 20.8 Å². The monoisotopic (exact) mass is 287 g/mol. The van der Waals surface area contributed by atoms with Crippen molar-refractivity contribution in [3.05, 3.63) is 0 Å². The SMILES string of the molecule is CCC(C)(C)C(=O)OC1C2CC3C1NS(=O)(=O)C3C2. The normalized spacial score (nSPS) is 42.6. The van der Waals surface area contributed by atoms with Gasteiger partial charge in [0.25, 0.3) is 0 Å². The van der Waals surface area contributed by atoms with Gasteiger partial charge in [-0.2, -0.15) is 0 Å². The minimum atomic E-state index is -3.18. The van der Waals surface area contributed by atoms with Crippen LogP contribution in [0.4, 0.5) is 0 Å². The number of fused-ring (bicyclic) bond motifs is 1. The lowest BCUT2D eigenvalue weighted by Crippen LogP contribution is -2.43. The van der Waals surface area contributed by atoms with E-state index < -0.39 is 15.4 Å². The van der Waals surface area contributed by atoms with Crippen LogP contribution in [0.3, 0.4) is 0 Å². The van der Waals surface area contributed by atoms with Crippen LogP contribution in [0.25, 0.3) is 0 Å². The number of carbonyl (C=O) groups is 1. The average Bonchev–Trinajstić information content (AvgIpc) is 2.92. The first-order valence-electron chi connectivity index (χ1n) is 6.98. The van der Waals surface area contributed by atoms with Gasteiger partial charge in [-0.1, -0.05) is 6.92 Å². The van der Waals surface area contributed by atoms with Gasteiger partial charge in [-0.15, -0.1) is 0 Å². The molecule has 3 aliphatic rings. The van der Waals surface area contributed by atoms with E-state index in [0.717, 1.165) is 6.42 Å². The topological polar surface area (TPSA) is 72.5 Å². The molecule has 6 heteroatoms. The Kier molecular flexibility index (Phi) is 2.78. The molecule has 0 radical (unpaired) electrons. The van der Waals surface area contributed by atoms with E-state index in [1.165, 1.54) is 0 Å². The summed E-state index contributed by atoms with van der Waals surface area (Å²) >= 11 is 0. The van der Waals surface area contributed by atoms with Gasteiger partial charge in [0.1, 0.15) is 6.10 Å². The van der Waals surface area contributed by atoms with Crippen molar-refractivity contribution >= 4 is 16.0 Å². The second-order valence-corrected chi connectivity index (χ2v) is 8.66. The highest BCUT2D eigenvalue weighted by Crippen LogP contribution is 2.52. The summed E-state index contributed by atoms with van der Waals surface area (Å²) in [5, 5.41) is -0.253. The fourth-order valence-corrected chi connectivity index (χ4v) is 5.74. The van der Waals surface area contributed by atoms with E-state index in [0.29, 0.717) is 12.8 Å². The largest absolute Gasteiger partial charge is 0.460 e. The van der Waals surface area contributed by atoms with Gasteiger partial charge in [-0.05, 0) is 44.9 Å². The number of hydrogen-bond donors (Lipinski definition) is 1. The van der Waals surface area contributed by atoms with Crippen molar-refractivity contribution in [2.24, 2.45) is 17.3 Å². The third kappa shape index (κ3) is 1.83. The van der Waals surface area contributed by atoms with Crippen molar-refractivity contribution in [1.82, 2.24) is 4.72 Å². The molecular formula is C13H21NO4S. The van der Waals surface area contributed by atoms with Gasteiger partial charge in [0.05, 0.1) is 16.7 Å². The maximum atomic E-state index is 12.2. The zero-order chi connectivity index (χ0) is 14.0. The van der Waals surface area contributed by atoms with E-state index in [-0.39, 0.29) is 35.2 Å². The molecule has 3 rings (SSSR count). The number of rotatable bonds is 3. The number of sulfonamides is 1. The molecule has 5 atom stereocenters. The van der Waals surface area contributed by atoms with Gasteiger partial charge in [-0.3, -0.25) is 4.79 Å². The summed E-state index contributed by atoms with van der Waals surface area (Å²) in [6.45, 7) is 5.69. The van der Waals surface area contributed by atoms with Crippen LogP contribution in [-0.2, 0) is 19.6 Å². The third-order valence-electron chi connectivity index (χ3n) is 5.25. The van der Waals surface area contributed by atoms with Crippen LogP contribution in [0.5, 0.6) is 0 Å². The van der Waals surface area contributed by atoms with Crippen LogP contribution >= 0.6 is 0 Å². The molecule has 0 amide bonds. The van der Waals surface area contributed by atoms with Crippen molar-refractivity contribution in [1.29, 1.82) is 0 Å². The third-order valence-corrected chi connectivity index (χ3v) is 7.19. The molecule has 108 valence electrons. The standard InChI is InChI=1S/C13H21NO4S/c1-4-13(2,3)12(15)18-11-7-5-8-9(6-7)19(16,17)14-10(8)11/h7-11,14H,4-6H2,1-3H3. The summed E-state index contributed by atoms with van der Waals surface area (Å²) in [4.78, 5) is 12.2. The quantitative estimate of drug-likeness (QED) is 0.787. The Morgan fingerprint density at radius 3 is 2.68 bits per heavy atom. The number of hydrogen-bond acceptors (Lipinski definition) is 4. The summed E-state index contributed by atoms with van der Waals surface area (Å²) in [6, 6.07) is -0.189. The Bertz CT molecular complexity index is 513. The minimum Gasteiger partial charge on any atom is -0.460 e. The Morgan fingerprint density at radius 1 is 1.37 bits per heavy atom. The zero-order valence-corrected chi connectivity index (χ0v) is 12.4. The highest BCUT2D eigenvalue weighted by molar-refractivity contribution is 7.90. The molecule has 0 spiro atoms. The fraction of sp³-hybridized carbons (Fsp3) is 0.923. The van der Waals surface area contributed by atoms with Crippen LogP contribution in [0, 0.1) is 17.3 Å². The second kappa shape index (κ2) is 3.95. The summed E-state index contributed by atoms with van der Waals surface area (Å²) < 4.78 is 32.2. The van der Waals surface area contributed by atoms with E-state index in [2.05, 4.69) is 4.72 Å². The Labute approximate surface area is 114 Å². The zero-order valence-electron chi connectivity index (χ0n) is 11.5. The number of esters is 1. The lowest BCUT2D eigenvalue weighted by Gasteiger charge is -2.30. The number of carbonyl (C=O) groups excluding carboxylic acids is 1. The van der Waals surface area contributed by atoms with Gasteiger partial charge in [0, 0.05) is 0 Å². The first-order valence-corrected chi connectivity index (χ1v) is 8.53. The lowest BCUT2D eigenvalue weighted by atomic mass is 9.89. The highest BCUT2D eigenvalue weighted by Gasteiger charge is 2.64. The maximum Gasteiger partial charge on any atom is 0.311 e. The molecule has 0 aromatic rings. The molecule has 2 bridgehead atoms. The molecule has 1 heterocycles. The Morgan fingerprint density at radius 2 is 2.05 bits per heavy atom. The van der Waals surface area contributed by atoms with E-state index in [1.54, 1.807) is 0 Å². The number of nitrogens with one attached hydrogen (secondary N) is 1. The van der Waals surface area contributed by atoms with Crippen LogP contribution in [0.1, 0.15) is 40.0 Å². The molecule has 19 heavy (non-hydrogen) atoms. The van der Waals surface area contributed by atoms with Crippen molar-refractivity contribution < 1.29 is 17.9 Å². The van der Waals surface area contributed by atoms with Gasteiger partial charge in [0.15, 0.2) is 0 Å². The Hall–Kier alpha value is -0.620. The molecule has 1 N–H and O–H groups in total.